The third-order valence-electron chi connectivity index (χ3n) is 7.89. The molecule has 0 radical (unpaired) electrons. The van der Waals surface area contributed by atoms with E-state index in [-0.39, 0.29) is 5.56 Å². The number of hydrogen-bond acceptors (Lipinski definition) is 2. The van der Waals surface area contributed by atoms with Crippen molar-refractivity contribution < 1.29 is 27.1 Å². The normalized spacial score (nSPS) is 27.0. The van der Waals surface area contributed by atoms with Crippen LogP contribution < -0.4 is 0 Å². The zero-order chi connectivity index (χ0) is 24.3. The van der Waals surface area contributed by atoms with E-state index in [1.807, 2.05) is 12.1 Å². The zero-order valence-corrected chi connectivity index (χ0v) is 19.8. The summed E-state index contributed by atoms with van der Waals surface area (Å²) in [6, 6.07) is 6.67. The van der Waals surface area contributed by atoms with Crippen LogP contribution in [0.2, 0.25) is 0 Å². The highest BCUT2D eigenvalue weighted by atomic mass is 19.3. The molecule has 3 aliphatic rings. The fourth-order valence-electron chi connectivity index (χ4n) is 5.86. The summed E-state index contributed by atoms with van der Waals surface area (Å²) in [5.41, 5.74) is 0.638. The molecule has 0 atom stereocenters. The van der Waals surface area contributed by atoms with E-state index in [0.29, 0.717) is 24.7 Å². The van der Waals surface area contributed by atoms with Crippen LogP contribution in [0, 0.1) is 11.8 Å². The van der Waals surface area contributed by atoms with Crippen LogP contribution >= 0.6 is 0 Å². The Hall–Kier alpha value is -2.11. The van der Waals surface area contributed by atoms with E-state index in [0.717, 1.165) is 56.2 Å². The van der Waals surface area contributed by atoms with E-state index in [2.05, 4.69) is 6.92 Å². The molecular formula is C28H34F4O2. The van der Waals surface area contributed by atoms with Crippen molar-refractivity contribution in [3.63, 3.8) is 0 Å². The molecule has 0 saturated heterocycles. The molecule has 3 aliphatic carbocycles. The quantitative estimate of drug-likeness (QED) is 0.302. The van der Waals surface area contributed by atoms with Gasteiger partial charge in [-0.1, -0.05) is 57.2 Å². The molecule has 0 N–H and O–H groups in total. The molecular weight excluding hydrogens is 444 g/mol. The van der Waals surface area contributed by atoms with Crippen molar-refractivity contribution in [2.45, 2.75) is 95.3 Å². The predicted octanol–water partition coefficient (Wildman–Crippen LogP) is 8.59. The number of carbonyl (C=O) groups is 1. The van der Waals surface area contributed by atoms with Crippen LogP contribution in [-0.4, -0.2) is 17.8 Å². The monoisotopic (exact) mass is 478 g/mol. The number of benzene rings is 1. The number of esters is 1. The van der Waals surface area contributed by atoms with Gasteiger partial charge in [0.25, 0.3) is 0 Å². The Kier molecular flexibility index (Phi) is 7.54. The van der Waals surface area contributed by atoms with Crippen molar-refractivity contribution >= 4 is 5.97 Å². The summed E-state index contributed by atoms with van der Waals surface area (Å²) in [4.78, 5) is 12.5. The van der Waals surface area contributed by atoms with Crippen LogP contribution in [0.1, 0.15) is 99.4 Å². The highest BCUT2D eigenvalue weighted by molar-refractivity contribution is 5.90. The number of carbonyl (C=O) groups excluding carboxylic acids is 1. The highest BCUT2D eigenvalue weighted by Gasteiger charge is 2.65. The Morgan fingerprint density at radius 2 is 1.50 bits per heavy atom. The van der Waals surface area contributed by atoms with Gasteiger partial charge in [0.15, 0.2) is 5.76 Å². The SMILES string of the molecule is CCCC1CCC(C2=CC=C(OC(=O)c3ccc(C4CCCCC4)cc3)C(F)(F)C2(F)F)CC1. The molecule has 34 heavy (non-hydrogen) atoms. The van der Waals surface area contributed by atoms with E-state index in [9.17, 15) is 22.4 Å². The van der Waals surface area contributed by atoms with Gasteiger partial charge in [-0.25, -0.2) is 4.79 Å². The van der Waals surface area contributed by atoms with Gasteiger partial charge in [-0.2, -0.15) is 17.6 Å². The molecule has 186 valence electrons. The van der Waals surface area contributed by atoms with Crippen LogP contribution in [-0.2, 0) is 4.74 Å². The van der Waals surface area contributed by atoms with Gasteiger partial charge < -0.3 is 4.74 Å². The van der Waals surface area contributed by atoms with Crippen LogP contribution in [0.15, 0.2) is 47.7 Å². The van der Waals surface area contributed by atoms with Crippen LogP contribution in [0.4, 0.5) is 17.6 Å². The summed E-state index contributed by atoms with van der Waals surface area (Å²) in [7, 11) is 0. The topological polar surface area (TPSA) is 26.3 Å². The van der Waals surface area contributed by atoms with Crippen molar-refractivity contribution in [2.24, 2.45) is 11.8 Å². The third kappa shape index (κ3) is 4.96. The van der Waals surface area contributed by atoms with Crippen molar-refractivity contribution in [1.29, 1.82) is 0 Å². The minimum atomic E-state index is -4.57. The molecule has 0 bridgehead atoms. The minimum Gasteiger partial charge on any atom is -0.421 e. The second kappa shape index (κ2) is 10.2. The molecule has 2 fully saturated rings. The van der Waals surface area contributed by atoms with Gasteiger partial charge in [0, 0.05) is 5.57 Å². The van der Waals surface area contributed by atoms with Crippen molar-refractivity contribution in [3.8, 4) is 0 Å². The molecule has 1 aromatic rings. The lowest BCUT2D eigenvalue weighted by Crippen LogP contribution is -2.48. The van der Waals surface area contributed by atoms with E-state index >= 15 is 0 Å². The van der Waals surface area contributed by atoms with Gasteiger partial charge in [-0.15, -0.1) is 0 Å². The van der Waals surface area contributed by atoms with E-state index < -0.39 is 35.1 Å². The lowest BCUT2D eigenvalue weighted by atomic mass is 9.73. The van der Waals surface area contributed by atoms with Crippen LogP contribution in [0.25, 0.3) is 0 Å². The predicted molar refractivity (Wildman–Crippen MR) is 124 cm³/mol. The minimum absolute atomic E-state index is 0.0728. The summed E-state index contributed by atoms with van der Waals surface area (Å²) < 4.78 is 64.6. The largest absolute Gasteiger partial charge is 0.421 e. The smallest absolute Gasteiger partial charge is 0.370 e. The molecule has 0 amide bonds. The maximum absolute atomic E-state index is 15.0. The number of halogens is 4. The molecule has 0 unspecified atom stereocenters. The number of ether oxygens (including phenoxy) is 1. The zero-order valence-electron chi connectivity index (χ0n) is 19.8. The third-order valence-corrected chi connectivity index (χ3v) is 7.89. The van der Waals surface area contributed by atoms with Crippen molar-refractivity contribution in [1.82, 2.24) is 0 Å². The Morgan fingerprint density at radius 1 is 0.853 bits per heavy atom. The molecule has 1 aromatic carbocycles. The molecule has 0 heterocycles. The van der Waals surface area contributed by atoms with Gasteiger partial charge in [0.05, 0.1) is 5.56 Å². The van der Waals surface area contributed by atoms with E-state index in [1.165, 1.54) is 31.4 Å². The van der Waals surface area contributed by atoms with Gasteiger partial charge in [0.2, 0.25) is 0 Å². The Labute approximate surface area is 199 Å². The van der Waals surface area contributed by atoms with Gasteiger partial charge in [-0.05, 0) is 80.1 Å². The Balaban J connectivity index is 1.46. The molecule has 0 aromatic heterocycles. The summed E-state index contributed by atoms with van der Waals surface area (Å²) in [6.07, 6.45) is 12.3. The van der Waals surface area contributed by atoms with Gasteiger partial charge >= 0.3 is 17.8 Å². The first-order valence-corrected chi connectivity index (χ1v) is 12.7. The average Bonchev–Trinajstić information content (AvgIpc) is 2.84. The summed E-state index contributed by atoms with van der Waals surface area (Å²) >= 11 is 0. The standard InChI is InChI=1S/C28H34F4O2/c1-2-6-19-9-11-22(12-10-19)24-17-18-25(28(31,32)27(24,29)30)34-26(33)23-15-13-21(14-16-23)20-7-4-3-5-8-20/h13-20,22H,2-12H2,1H3. The Bertz CT molecular complexity index is 918. The first-order chi connectivity index (χ1) is 16.2. The number of rotatable bonds is 6. The first-order valence-electron chi connectivity index (χ1n) is 12.7. The maximum Gasteiger partial charge on any atom is 0.370 e. The highest BCUT2D eigenvalue weighted by Crippen LogP contribution is 2.52. The molecule has 2 nitrogen and oxygen atoms in total. The fourth-order valence-corrected chi connectivity index (χ4v) is 5.86. The number of alkyl halides is 4. The molecule has 4 rings (SSSR count). The molecule has 6 heteroatoms. The van der Waals surface area contributed by atoms with Crippen molar-refractivity contribution in [3.05, 3.63) is 58.9 Å². The summed E-state index contributed by atoms with van der Waals surface area (Å²) in [6.45, 7) is 2.09. The second-order valence-electron chi connectivity index (χ2n) is 10.2. The molecule has 0 aliphatic heterocycles. The fraction of sp³-hybridized carbons (Fsp3) is 0.607. The van der Waals surface area contributed by atoms with Gasteiger partial charge in [0.1, 0.15) is 0 Å². The van der Waals surface area contributed by atoms with Crippen LogP contribution in [0.5, 0.6) is 0 Å². The van der Waals surface area contributed by atoms with Crippen molar-refractivity contribution in [2.75, 3.05) is 0 Å². The molecule has 2 saturated carbocycles. The second-order valence-corrected chi connectivity index (χ2v) is 10.2. The lowest BCUT2D eigenvalue weighted by Gasteiger charge is -2.38. The molecule has 0 spiro atoms. The lowest BCUT2D eigenvalue weighted by molar-refractivity contribution is -0.185. The average molecular weight is 479 g/mol. The van der Waals surface area contributed by atoms with Crippen LogP contribution in [0.3, 0.4) is 0 Å². The maximum atomic E-state index is 15.0. The Morgan fingerprint density at radius 3 is 2.12 bits per heavy atom. The summed E-state index contributed by atoms with van der Waals surface area (Å²) in [5.74, 6) is -11.0. The first kappa shape index (κ1) is 25.0. The van der Waals surface area contributed by atoms with E-state index in [1.54, 1.807) is 0 Å². The summed E-state index contributed by atoms with van der Waals surface area (Å²) in [5, 5.41) is 0. The van der Waals surface area contributed by atoms with E-state index in [4.69, 9.17) is 4.74 Å². The number of allylic oxidation sites excluding steroid dienone is 4. The van der Waals surface area contributed by atoms with Gasteiger partial charge in [-0.3, -0.25) is 0 Å². The number of hydrogen-bond donors (Lipinski definition) is 0.